The second kappa shape index (κ2) is 23.1. The lowest BCUT2D eigenvalue weighted by Gasteiger charge is -2.31. The fourth-order valence-electron chi connectivity index (χ4n) is 10.2. The molecule has 1 fully saturated rings. The first-order valence-electron chi connectivity index (χ1n) is 26.0. The fraction of sp³-hybridized carbons (Fsp3) is 0.316. The molecule has 8 aromatic rings. The first kappa shape index (κ1) is 54.3. The van der Waals surface area contributed by atoms with Gasteiger partial charge in [0.1, 0.15) is 29.3 Å². The van der Waals surface area contributed by atoms with Gasteiger partial charge in [-0.3, -0.25) is 24.5 Å². The molecule has 22 heteroatoms. The molecule has 19 nitrogen and oxygen atoms in total. The minimum absolute atomic E-state index is 0.0111. The number of phenolic OH excluding ortho intramolecular Hbond substituents is 1. The van der Waals surface area contributed by atoms with Gasteiger partial charge in [0.05, 0.1) is 50.9 Å². The van der Waals surface area contributed by atoms with Crippen LogP contribution in [0.2, 0.25) is 0 Å². The molecule has 0 radical (unpaired) electrons. The number of fused-ring (bicyclic) bond motifs is 2. The second-order valence-corrected chi connectivity index (χ2v) is 23.8. The molecule has 0 aliphatic carbocycles. The molecule has 408 valence electrons. The van der Waals surface area contributed by atoms with Gasteiger partial charge in [-0.2, -0.15) is 0 Å². The number of rotatable bonds is 18. The van der Waals surface area contributed by atoms with Crippen LogP contribution in [0.15, 0.2) is 109 Å². The van der Waals surface area contributed by atoms with Crippen LogP contribution < -0.4 is 25.0 Å². The van der Waals surface area contributed by atoms with Crippen molar-refractivity contribution in [3.63, 3.8) is 0 Å². The molecule has 10 rings (SSSR count). The van der Waals surface area contributed by atoms with E-state index >= 15 is 0 Å². The van der Waals surface area contributed by atoms with Gasteiger partial charge in [-0.05, 0) is 122 Å². The molecule has 4 amide bonds. The Balaban J connectivity index is 0.771. The van der Waals surface area contributed by atoms with Gasteiger partial charge in [0.2, 0.25) is 21.8 Å². The number of para-hydroxylation sites is 1. The number of aryl methyl sites for hydroxylation is 1. The predicted molar refractivity (Wildman–Crippen MR) is 304 cm³/mol. The zero-order valence-corrected chi connectivity index (χ0v) is 46.6. The number of hydrogen-bond acceptors (Lipinski definition) is 16. The van der Waals surface area contributed by atoms with Crippen molar-refractivity contribution in [1.82, 2.24) is 44.9 Å². The molecule has 4 aromatic heterocycles. The number of sulfonamides is 1. The van der Waals surface area contributed by atoms with Crippen LogP contribution in [0.4, 0.5) is 10.9 Å². The van der Waals surface area contributed by atoms with Crippen LogP contribution in [-0.4, -0.2) is 103 Å². The van der Waals surface area contributed by atoms with Gasteiger partial charge >= 0.3 is 0 Å². The SMILES string of the molecule is Cc1ncsc1-c1ccc([C@H](C)NC(=O)[C@@H]2CCCN2C(=O)[C@H](C(C)C)n2cc(OCCCS(=O)(=O)NC(=O)c3nc(N4CCc5cccc(C(=O)Nc6nc7ccccc7s6)c5C4)ccc3-c3cccc(O)c3C)nn2)cc1. The van der Waals surface area contributed by atoms with E-state index in [9.17, 15) is 32.7 Å². The molecule has 0 unspecified atom stereocenters. The Morgan fingerprint density at radius 3 is 2.46 bits per heavy atom. The summed E-state index contributed by atoms with van der Waals surface area (Å²) < 4.78 is 37.6. The topological polar surface area (TPSA) is 244 Å². The van der Waals surface area contributed by atoms with Gasteiger partial charge < -0.3 is 25.0 Å². The minimum atomic E-state index is -4.27. The zero-order chi connectivity index (χ0) is 55.5. The van der Waals surface area contributed by atoms with Crippen LogP contribution in [0.25, 0.3) is 31.8 Å². The molecule has 2 aliphatic heterocycles. The van der Waals surface area contributed by atoms with Crippen molar-refractivity contribution in [2.24, 2.45) is 5.92 Å². The van der Waals surface area contributed by atoms with Crippen molar-refractivity contribution in [3.8, 4) is 33.2 Å². The van der Waals surface area contributed by atoms with Crippen molar-refractivity contribution in [2.75, 3.05) is 35.7 Å². The number of nitrogens with one attached hydrogen (secondary N) is 3. The number of carbonyl (C=O) groups excluding carboxylic acids is 4. The number of amides is 4. The standard InChI is InChI=1S/C57H59N11O8S3/c1-33(2)51(56(73)67-26-10-16-45(67)54(71)59-35(4)37-19-21-39(22-20-37)52-36(5)58-32-77-52)68-31-49(63-65-68)76-28-11-29-79(74,75)64-55(72)50-41(40-13-9-17-46(69)34(40)3)23-24-48(61-50)66-27-25-38-12-8-14-42(43(38)30-66)53(70)62-57-60-44-15-6-7-18-47(44)78-57/h6-9,12-15,17-24,31-33,35,45,51,69H,10-11,16,25-30H2,1-5H3,(H,59,71)(H,64,72)(H,60,62,70)/t35-,45-,51-/m0/s1. The van der Waals surface area contributed by atoms with Crippen molar-refractivity contribution >= 4 is 77.5 Å². The number of likely N-dealkylation sites (tertiary alicyclic amines) is 1. The number of anilines is 2. The highest BCUT2D eigenvalue weighted by Crippen LogP contribution is 2.35. The number of hydrogen-bond donors (Lipinski definition) is 4. The molecule has 0 bridgehead atoms. The van der Waals surface area contributed by atoms with Gasteiger partial charge in [0, 0.05) is 30.8 Å². The Hall–Kier alpha value is -8.08. The third-order valence-corrected chi connectivity index (χ3v) is 17.6. The normalized spacial score (nSPS) is 15.2. The van der Waals surface area contributed by atoms with Crippen molar-refractivity contribution in [2.45, 2.75) is 85.0 Å². The number of thiazole rings is 2. The Labute approximate surface area is 465 Å². The van der Waals surface area contributed by atoms with Gasteiger partial charge in [-0.25, -0.2) is 32.8 Å². The summed E-state index contributed by atoms with van der Waals surface area (Å²) in [5.41, 5.74) is 8.91. The maximum atomic E-state index is 14.3. The number of benzene rings is 4. The number of aromatic nitrogens is 6. The molecule has 79 heavy (non-hydrogen) atoms. The van der Waals surface area contributed by atoms with Crippen LogP contribution in [0.5, 0.6) is 11.6 Å². The molecule has 0 saturated carbocycles. The number of pyridine rings is 1. The van der Waals surface area contributed by atoms with E-state index < -0.39 is 33.8 Å². The van der Waals surface area contributed by atoms with Crippen LogP contribution in [0.3, 0.4) is 0 Å². The molecule has 4 N–H and O–H groups in total. The van der Waals surface area contributed by atoms with Crippen molar-refractivity contribution < 1.29 is 37.4 Å². The summed E-state index contributed by atoms with van der Waals surface area (Å²) in [6.07, 6.45) is 3.18. The Morgan fingerprint density at radius 2 is 1.68 bits per heavy atom. The van der Waals surface area contributed by atoms with E-state index in [-0.39, 0.29) is 66.6 Å². The first-order valence-corrected chi connectivity index (χ1v) is 29.4. The van der Waals surface area contributed by atoms with E-state index in [1.165, 1.54) is 28.3 Å². The predicted octanol–water partition coefficient (Wildman–Crippen LogP) is 8.80. The summed E-state index contributed by atoms with van der Waals surface area (Å²) in [7, 11) is -4.27. The van der Waals surface area contributed by atoms with Gasteiger partial charge in [-0.15, -0.1) is 11.3 Å². The third kappa shape index (κ3) is 11.9. The van der Waals surface area contributed by atoms with E-state index in [1.54, 1.807) is 53.5 Å². The monoisotopic (exact) mass is 1120 g/mol. The van der Waals surface area contributed by atoms with E-state index in [1.807, 2.05) is 98.8 Å². The van der Waals surface area contributed by atoms with Crippen molar-refractivity contribution in [3.05, 3.63) is 148 Å². The fourth-order valence-corrected chi connectivity index (χ4v) is 12.9. The van der Waals surface area contributed by atoms with Crippen molar-refractivity contribution in [1.29, 1.82) is 0 Å². The van der Waals surface area contributed by atoms with E-state index in [2.05, 4.69) is 35.6 Å². The summed E-state index contributed by atoms with van der Waals surface area (Å²) in [4.78, 5) is 74.4. The molecule has 2 aliphatic rings. The highest BCUT2D eigenvalue weighted by atomic mass is 32.2. The average molecular weight is 1120 g/mol. The maximum absolute atomic E-state index is 14.3. The summed E-state index contributed by atoms with van der Waals surface area (Å²) in [6.45, 7) is 10.4. The number of carbonyl (C=O) groups is 4. The van der Waals surface area contributed by atoms with E-state index in [4.69, 9.17) is 9.72 Å². The molecule has 3 atom stereocenters. The number of aromatic hydroxyl groups is 1. The largest absolute Gasteiger partial charge is 0.508 e. The molecule has 0 spiro atoms. The van der Waals surface area contributed by atoms with Crippen LogP contribution in [0, 0.1) is 19.8 Å². The number of phenols is 1. The highest BCUT2D eigenvalue weighted by molar-refractivity contribution is 7.90. The third-order valence-electron chi connectivity index (χ3n) is 14.4. The lowest BCUT2D eigenvalue weighted by molar-refractivity contribution is -0.142. The first-order chi connectivity index (χ1) is 38.0. The summed E-state index contributed by atoms with van der Waals surface area (Å²) in [5, 5.41) is 25.5. The molecule has 1 saturated heterocycles. The Kier molecular flexibility index (Phi) is 15.9. The molecule has 6 heterocycles. The minimum Gasteiger partial charge on any atom is -0.508 e. The van der Waals surface area contributed by atoms with Crippen LogP contribution in [-0.2, 0) is 32.6 Å². The van der Waals surface area contributed by atoms with E-state index in [0.29, 0.717) is 65.6 Å². The second-order valence-electron chi connectivity index (χ2n) is 20.1. The number of ether oxygens (including phenoxy) is 1. The van der Waals surface area contributed by atoms with Gasteiger partial charge in [0.25, 0.3) is 17.7 Å². The summed E-state index contributed by atoms with van der Waals surface area (Å²) in [5.74, 6) is -2.10. The number of nitrogens with zero attached hydrogens (tertiary/aromatic N) is 8. The Morgan fingerprint density at radius 1 is 0.886 bits per heavy atom. The lowest BCUT2D eigenvalue weighted by atomic mass is 9.94. The van der Waals surface area contributed by atoms with Gasteiger partial charge in [-0.1, -0.05) is 96.2 Å². The van der Waals surface area contributed by atoms with E-state index in [0.717, 1.165) is 43.0 Å². The van der Waals surface area contributed by atoms with Crippen LogP contribution in [0.1, 0.15) is 101 Å². The van der Waals surface area contributed by atoms with Crippen LogP contribution >= 0.6 is 22.7 Å². The smallest absolute Gasteiger partial charge is 0.284 e. The highest BCUT2D eigenvalue weighted by Gasteiger charge is 2.40. The average Bonchev–Trinajstić information content (AvgIpc) is 4.38. The summed E-state index contributed by atoms with van der Waals surface area (Å²) in [6, 6.07) is 27.8. The quantitative estimate of drug-likeness (QED) is 0.0587. The lowest BCUT2D eigenvalue weighted by Crippen LogP contribution is -2.49. The maximum Gasteiger partial charge on any atom is 0.284 e. The Bertz CT molecular complexity index is 3680. The molecular weight excluding hydrogens is 1060 g/mol. The molecular formula is C57H59N11O8S3. The zero-order valence-electron chi connectivity index (χ0n) is 44.2. The summed E-state index contributed by atoms with van der Waals surface area (Å²) >= 11 is 2.96. The van der Waals surface area contributed by atoms with Gasteiger partial charge in [0.15, 0.2) is 5.13 Å². The molecule has 4 aromatic carbocycles.